The van der Waals surface area contributed by atoms with Crippen LogP contribution >= 0.6 is 0 Å². The number of rotatable bonds is 17. The average Bonchev–Trinajstić information content (AvgIpc) is 2.72. The van der Waals surface area contributed by atoms with Gasteiger partial charge in [0.25, 0.3) is 0 Å². The summed E-state index contributed by atoms with van der Waals surface area (Å²) in [4.78, 5) is 27.2. The molecule has 0 spiro atoms. The van der Waals surface area contributed by atoms with Crippen molar-refractivity contribution in [1.29, 1.82) is 0 Å². The summed E-state index contributed by atoms with van der Waals surface area (Å²) in [5.41, 5.74) is 1.63. The van der Waals surface area contributed by atoms with Crippen LogP contribution in [0.1, 0.15) is 34.6 Å². The molecule has 0 aliphatic carbocycles. The minimum Gasteiger partial charge on any atom is -0.462 e. The SMILES string of the molecule is C=CCN(CC(C)[Si](C)(O[Si](C)(C)C)O[Si](C)(C)O[Si](C)(C)C)/C(C)=C(\C)C=C(C(=O)OCC)C(=O)OCC. The van der Waals surface area contributed by atoms with E-state index in [2.05, 4.69) is 77.3 Å². The Morgan fingerprint density at radius 1 is 0.821 bits per heavy atom. The van der Waals surface area contributed by atoms with Crippen molar-refractivity contribution < 1.29 is 31.4 Å². The van der Waals surface area contributed by atoms with Crippen LogP contribution in [0.5, 0.6) is 0 Å². The van der Waals surface area contributed by atoms with Gasteiger partial charge in [-0.1, -0.05) is 13.0 Å². The van der Waals surface area contributed by atoms with Gasteiger partial charge in [-0.3, -0.25) is 0 Å². The highest BCUT2D eigenvalue weighted by atomic mass is 28.5. The van der Waals surface area contributed by atoms with Gasteiger partial charge in [0.1, 0.15) is 5.57 Å². The monoisotopic (exact) mass is 617 g/mol. The van der Waals surface area contributed by atoms with Crippen molar-refractivity contribution in [2.45, 2.75) is 99.1 Å². The number of hydrogen-bond donors (Lipinski definition) is 0. The third-order valence-electron chi connectivity index (χ3n) is 5.64. The molecular weight excluding hydrogens is 563 g/mol. The molecule has 0 radical (unpaired) electrons. The Kier molecular flexibility index (Phi) is 15.1. The first-order chi connectivity index (χ1) is 17.6. The van der Waals surface area contributed by atoms with Gasteiger partial charge >= 0.3 is 29.1 Å². The summed E-state index contributed by atoms with van der Waals surface area (Å²) in [6.07, 6.45) is 3.40. The molecule has 8 nitrogen and oxygen atoms in total. The summed E-state index contributed by atoms with van der Waals surface area (Å²) >= 11 is 0. The molecule has 0 saturated heterocycles. The smallest absolute Gasteiger partial charge is 0.345 e. The molecule has 2 unspecified atom stereocenters. The van der Waals surface area contributed by atoms with E-state index in [4.69, 9.17) is 21.8 Å². The quantitative estimate of drug-likeness (QED) is 0.0339. The third kappa shape index (κ3) is 14.2. The molecule has 0 amide bonds. The van der Waals surface area contributed by atoms with Gasteiger partial charge in [-0.2, -0.15) is 0 Å². The van der Waals surface area contributed by atoms with Crippen LogP contribution < -0.4 is 0 Å². The molecule has 0 heterocycles. The van der Waals surface area contributed by atoms with E-state index >= 15 is 0 Å². The molecule has 226 valence electrons. The summed E-state index contributed by atoms with van der Waals surface area (Å²) in [6, 6.07) is 0. The number of allylic oxidation sites excluding steroid dienone is 3. The molecule has 0 aliphatic heterocycles. The summed E-state index contributed by atoms with van der Waals surface area (Å²) in [6.45, 7) is 34.5. The standard InChI is InChI=1S/C27H55NO7Si4/c1-16-19-28(24(6)22(4)20-25(26(29)31-17-2)27(30)32-18-3)21-23(5)39(15,34-37(10,11)12)35-38(13,14)33-36(7,8)9/h16,20,23H,1,17-19,21H2,2-15H3/b24-22+. The van der Waals surface area contributed by atoms with Gasteiger partial charge in [0.2, 0.25) is 0 Å². The van der Waals surface area contributed by atoms with Crippen molar-refractivity contribution in [3.8, 4) is 0 Å². The average molecular weight is 618 g/mol. The number of nitrogens with zero attached hydrogens (tertiary/aromatic N) is 1. The van der Waals surface area contributed by atoms with E-state index < -0.39 is 45.7 Å². The molecule has 0 rings (SSSR count). The molecule has 0 aromatic carbocycles. The zero-order valence-corrected chi connectivity index (χ0v) is 31.1. The minimum atomic E-state index is -2.73. The van der Waals surface area contributed by atoms with E-state index in [0.717, 1.165) is 11.3 Å². The van der Waals surface area contributed by atoms with Crippen LogP contribution in [0.25, 0.3) is 0 Å². The van der Waals surface area contributed by atoms with Gasteiger partial charge in [-0.05, 0) is 98.3 Å². The maximum atomic E-state index is 12.5. The second-order valence-electron chi connectivity index (χ2n) is 12.3. The third-order valence-corrected chi connectivity index (χ3v) is 19.7. The summed E-state index contributed by atoms with van der Waals surface area (Å²) in [5.74, 6) is -1.39. The largest absolute Gasteiger partial charge is 0.462 e. The summed E-state index contributed by atoms with van der Waals surface area (Å²) in [7, 11) is -8.94. The van der Waals surface area contributed by atoms with Gasteiger partial charge in [-0.15, -0.1) is 6.58 Å². The fraction of sp³-hybridized carbons (Fsp3) is 0.704. The van der Waals surface area contributed by atoms with Crippen LogP contribution in [-0.2, 0) is 31.4 Å². The van der Waals surface area contributed by atoms with E-state index in [0.29, 0.717) is 13.1 Å². The molecule has 0 aromatic rings. The van der Waals surface area contributed by atoms with E-state index in [1.54, 1.807) is 19.9 Å². The number of ether oxygens (including phenoxy) is 2. The second kappa shape index (κ2) is 15.6. The number of carbonyl (C=O) groups excluding carboxylic acids is 2. The van der Waals surface area contributed by atoms with Crippen molar-refractivity contribution >= 4 is 45.7 Å². The highest BCUT2D eigenvalue weighted by molar-refractivity contribution is 6.89. The van der Waals surface area contributed by atoms with Crippen LogP contribution in [0.2, 0.25) is 64.5 Å². The maximum Gasteiger partial charge on any atom is 0.345 e. The predicted molar refractivity (Wildman–Crippen MR) is 170 cm³/mol. The molecule has 2 atom stereocenters. The van der Waals surface area contributed by atoms with Crippen molar-refractivity contribution in [3.05, 3.63) is 35.6 Å². The van der Waals surface area contributed by atoms with Crippen LogP contribution in [0.15, 0.2) is 35.6 Å². The molecule has 0 aromatic heterocycles. The summed E-state index contributed by atoms with van der Waals surface area (Å²) in [5, 5.41) is 0. The molecule has 0 bridgehead atoms. The summed E-state index contributed by atoms with van der Waals surface area (Å²) < 4.78 is 30.6. The number of esters is 2. The zero-order chi connectivity index (χ0) is 30.8. The zero-order valence-electron chi connectivity index (χ0n) is 27.1. The Morgan fingerprint density at radius 3 is 1.67 bits per heavy atom. The van der Waals surface area contributed by atoms with Gasteiger partial charge in [0.05, 0.1) is 13.2 Å². The molecule has 39 heavy (non-hydrogen) atoms. The second-order valence-corrected chi connectivity index (χ2v) is 29.0. The van der Waals surface area contributed by atoms with Crippen molar-refractivity contribution in [2.24, 2.45) is 0 Å². The molecule has 0 fully saturated rings. The lowest BCUT2D eigenvalue weighted by molar-refractivity contribution is -0.146. The highest BCUT2D eigenvalue weighted by Crippen LogP contribution is 2.33. The molecule has 0 aliphatic rings. The number of carbonyl (C=O) groups is 2. The lowest BCUT2D eigenvalue weighted by Crippen LogP contribution is -2.59. The number of hydrogen-bond acceptors (Lipinski definition) is 8. The van der Waals surface area contributed by atoms with Gasteiger partial charge in [0, 0.05) is 24.3 Å². The van der Waals surface area contributed by atoms with Crippen molar-refractivity contribution in [3.63, 3.8) is 0 Å². The van der Waals surface area contributed by atoms with Crippen LogP contribution in [0.3, 0.4) is 0 Å². The van der Waals surface area contributed by atoms with Crippen molar-refractivity contribution in [2.75, 3.05) is 26.3 Å². The maximum absolute atomic E-state index is 12.5. The fourth-order valence-electron chi connectivity index (χ4n) is 4.27. The Labute approximate surface area is 242 Å². The Balaban J connectivity index is 6.45. The first-order valence-corrected chi connectivity index (χ1v) is 25.8. The first kappa shape index (κ1) is 37.7. The molecule has 0 saturated carbocycles. The van der Waals surface area contributed by atoms with Gasteiger partial charge in [-0.25, -0.2) is 9.59 Å². The van der Waals surface area contributed by atoms with Gasteiger partial charge < -0.3 is 26.7 Å². The predicted octanol–water partition coefficient (Wildman–Crippen LogP) is 6.70. The van der Waals surface area contributed by atoms with E-state index in [-0.39, 0.29) is 24.3 Å². The molecular formula is C27H55NO7Si4. The van der Waals surface area contributed by atoms with Crippen molar-refractivity contribution in [1.82, 2.24) is 4.90 Å². The van der Waals surface area contributed by atoms with Crippen LogP contribution in [0, 0.1) is 0 Å². The topological polar surface area (TPSA) is 83.5 Å². The van der Waals surface area contributed by atoms with Gasteiger partial charge in [0.15, 0.2) is 16.6 Å². The van der Waals surface area contributed by atoms with E-state index in [1.165, 1.54) is 0 Å². The molecule has 12 heteroatoms. The van der Waals surface area contributed by atoms with Crippen LogP contribution in [0.4, 0.5) is 0 Å². The Morgan fingerprint density at radius 2 is 1.28 bits per heavy atom. The Hall–Kier alpha value is -1.29. The Bertz CT molecular complexity index is 887. The van der Waals surface area contributed by atoms with E-state index in [1.807, 2.05) is 19.9 Å². The fourth-order valence-corrected chi connectivity index (χ4v) is 22.2. The van der Waals surface area contributed by atoms with Crippen LogP contribution in [-0.4, -0.2) is 76.9 Å². The lowest BCUT2D eigenvalue weighted by atomic mass is 10.1. The molecule has 0 N–H and O–H groups in total. The normalized spacial score (nSPS) is 15.4. The first-order valence-electron chi connectivity index (χ1n) is 13.8. The highest BCUT2D eigenvalue weighted by Gasteiger charge is 2.48. The van der Waals surface area contributed by atoms with E-state index in [9.17, 15) is 9.59 Å². The minimum absolute atomic E-state index is 0.0856. The lowest BCUT2D eigenvalue weighted by Gasteiger charge is -2.45.